The van der Waals surface area contributed by atoms with Gasteiger partial charge in [0.2, 0.25) is 17.7 Å². The molecular weight excluding hydrogens is 446 g/mol. The van der Waals surface area contributed by atoms with Gasteiger partial charge in [0.25, 0.3) is 0 Å². The maximum Gasteiger partial charge on any atom is 0.326 e. The number of nitrogens with one attached hydrogen (secondary N) is 3. The van der Waals surface area contributed by atoms with E-state index in [0.29, 0.717) is 24.9 Å². The molecule has 12 nitrogen and oxygen atoms in total. The van der Waals surface area contributed by atoms with Crippen LogP contribution in [0.2, 0.25) is 0 Å². The van der Waals surface area contributed by atoms with Crippen molar-refractivity contribution in [2.24, 2.45) is 11.5 Å². The van der Waals surface area contributed by atoms with E-state index < -0.39 is 60.6 Å². The number of carboxylic acids is 1. The molecule has 0 aromatic heterocycles. The SMILES string of the molecule is CC(O)C(N)C(=O)NC(Cc1ccccc1)C(=O)NC(CO)C(=O)NC(CCCCN)C(=O)O. The van der Waals surface area contributed by atoms with Crippen LogP contribution in [0.3, 0.4) is 0 Å². The Kier molecular flexibility index (Phi) is 12.7. The molecule has 190 valence electrons. The summed E-state index contributed by atoms with van der Waals surface area (Å²) in [6.45, 7) is 0.907. The van der Waals surface area contributed by atoms with Crippen molar-refractivity contribution < 1.29 is 34.5 Å². The van der Waals surface area contributed by atoms with Gasteiger partial charge in [-0.05, 0) is 38.3 Å². The molecule has 12 heteroatoms. The summed E-state index contributed by atoms with van der Waals surface area (Å²) in [6, 6.07) is 3.60. The molecule has 0 bridgehead atoms. The summed E-state index contributed by atoms with van der Waals surface area (Å²) in [5, 5.41) is 35.6. The second kappa shape index (κ2) is 15.0. The van der Waals surface area contributed by atoms with Crippen LogP contribution in [0, 0.1) is 0 Å². The Morgan fingerprint density at radius 2 is 1.47 bits per heavy atom. The van der Waals surface area contributed by atoms with E-state index in [0.717, 1.165) is 0 Å². The zero-order valence-corrected chi connectivity index (χ0v) is 19.1. The van der Waals surface area contributed by atoms with Crippen LogP contribution < -0.4 is 27.4 Å². The second-order valence-corrected chi connectivity index (χ2v) is 7.94. The Morgan fingerprint density at radius 3 is 2.00 bits per heavy atom. The smallest absolute Gasteiger partial charge is 0.326 e. The number of unbranched alkanes of at least 4 members (excludes halogenated alkanes) is 1. The highest BCUT2D eigenvalue weighted by atomic mass is 16.4. The van der Waals surface area contributed by atoms with Gasteiger partial charge in [-0.25, -0.2) is 4.79 Å². The summed E-state index contributed by atoms with van der Waals surface area (Å²) in [4.78, 5) is 49.3. The summed E-state index contributed by atoms with van der Waals surface area (Å²) in [5.41, 5.74) is 11.8. The predicted octanol–water partition coefficient (Wildman–Crippen LogP) is -2.40. The Bertz CT molecular complexity index is 806. The van der Waals surface area contributed by atoms with E-state index in [2.05, 4.69) is 16.0 Å². The molecule has 10 N–H and O–H groups in total. The minimum absolute atomic E-state index is 0.0432. The standard InChI is InChI=1S/C22H35N5O7/c1-13(29)18(24)21(32)26-16(11-14-7-3-2-4-8-14)19(30)27-17(12-28)20(31)25-15(22(33)34)9-5-6-10-23/h2-4,7-8,13,15-18,28-29H,5-6,9-12,23-24H2,1H3,(H,25,31)(H,26,32)(H,27,30)(H,33,34). The number of carbonyl (C=O) groups excluding carboxylic acids is 3. The molecule has 0 aliphatic rings. The Hall–Kier alpha value is -3.06. The first kappa shape index (κ1) is 29.0. The molecule has 5 unspecified atom stereocenters. The van der Waals surface area contributed by atoms with Gasteiger partial charge in [0.05, 0.1) is 12.7 Å². The van der Waals surface area contributed by atoms with Gasteiger partial charge in [-0.15, -0.1) is 0 Å². The van der Waals surface area contributed by atoms with Gasteiger partial charge in [0.15, 0.2) is 0 Å². The molecule has 0 spiro atoms. The molecule has 34 heavy (non-hydrogen) atoms. The number of nitrogens with two attached hydrogens (primary N) is 2. The zero-order chi connectivity index (χ0) is 25.7. The van der Waals surface area contributed by atoms with E-state index in [1.54, 1.807) is 30.3 Å². The fraction of sp³-hybridized carbons (Fsp3) is 0.545. The van der Waals surface area contributed by atoms with E-state index in [4.69, 9.17) is 11.5 Å². The number of aliphatic hydroxyl groups excluding tert-OH is 2. The van der Waals surface area contributed by atoms with Crippen molar-refractivity contribution >= 4 is 23.7 Å². The summed E-state index contributed by atoms with van der Waals surface area (Å²) in [5.74, 6) is -3.71. The molecule has 0 saturated heterocycles. The van der Waals surface area contributed by atoms with Gasteiger partial charge in [-0.1, -0.05) is 30.3 Å². The number of aliphatic carboxylic acids is 1. The first-order valence-corrected chi connectivity index (χ1v) is 11.0. The van der Waals surface area contributed by atoms with Crippen molar-refractivity contribution in [3.63, 3.8) is 0 Å². The number of benzene rings is 1. The lowest BCUT2D eigenvalue weighted by Crippen LogP contribution is -2.59. The molecule has 0 heterocycles. The van der Waals surface area contributed by atoms with Crippen LogP contribution in [-0.2, 0) is 25.6 Å². The highest BCUT2D eigenvalue weighted by Crippen LogP contribution is 2.06. The van der Waals surface area contributed by atoms with Crippen LogP contribution in [0.1, 0.15) is 31.7 Å². The van der Waals surface area contributed by atoms with Crippen molar-refractivity contribution in [3.8, 4) is 0 Å². The number of aliphatic hydroxyl groups is 2. The lowest BCUT2D eigenvalue weighted by Gasteiger charge is -2.25. The van der Waals surface area contributed by atoms with Gasteiger partial charge in [-0.3, -0.25) is 14.4 Å². The van der Waals surface area contributed by atoms with Gasteiger partial charge in [0, 0.05) is 6.42 Å². The third kappa shape index (κ3) is 9.83. The Labute approximate surface area is 198 Å². The average Bonchev–Trinajstić information content (AvgIpc) is 2.81. The first-order chi connectivity index (χ1) is 16.1. The van der Waals surface area contributed by atoms with E-state index in [9.17, 15) is 34.5 Å². The van der Waals surface area contributed by atoms with Crippen LogP contribution in [0.25, 0.3) is 0 Å². The molecule has 0 radical (unpaired) electrons. The molecule has 1 aromatic rings. The minimum Gasteiger partial charge on any atom is -0.480 e. The molecule has 5 atom stereocenters. The largest absolute Gasteiger partial charge is 0.480 e. The van der Waals surface area contributed by atoms with E-state index in [1.807, 2.05) is 0 Å². The Morgan fingerprint density at radius 1 is 0.912 bits per heavy atom. The van der Waals surface area contributed by atoms with Gasteiger partial charge >= 0.3 is 5.97 Å². The average molecular weight is 482 g/mol. The fourth-order valence-corrected chi connectivity index (χ4v) is 3.04. The van der Waals surface area contributed by atoms with Crippen molar-refractivity contribution in [1.82, 2.24) is 16.0 Å². The maximum atomic E-state index is 12.9. The van der Waals surface area contributed by atoms with Crippen LogP contribution in [-0.4, -0.2) is 82.4 Å². The van der Waals surface area contributed by atoms with Crippen molar-refractivity contribution in [3.05, 3.63) is 35.9 Å². The second-order valence-electron chi connectivity index (χ2n) is 7.94. The highest BCUT2D eigenvalue weighted by Gasteiger charge is 2.30. The van der Waals surface area contributed by atoms with E-state index in [1.165, 1.54) is 6.92 Å². The molecule has 0 fully saturated rings. The summed E-state index contributed by atoms with van der Waals surface area (Å²) in [6.07, 6.45) is 0.0626. The van der Waals surface area contributed by atoms with Crippen molar-refractivity contribution in [2.45, 2.75) is 62.9 Å². The zero-order valence-electron chi connectivity index (χ0n) is 19.1. The Balaban J connectivity index is 2.94. The van der Waals surface area contributed by atoms with Gasteiger partial charge < -0.3 is 42.7 Å². The van der Waals surface area contributed by atoms with Crippen molar-refractivity contribution in [2.75, 3.05) is 13.2 Å². The highest BCUT2D eigenvalue weighted by molar-refractivity contribution is 5.94. The van der Waals surface area contributed by atoms with Gasteiger partial charge in [0.1, 0.15) is 24.2 Å². The van der Waals surface area contributed by atoms with E-state index >= 15 is 0 Å². The normalized spacial score (nSPS) is 15.3. The maximum absolute atomic E-state index is 12.9. The number of carbonyl (C=O) groups is 4. The first-order valence-electron chi connectivity index (χ1n) is 11.0. The van der Waals surface area contributed by atoms with Crippen LogP contribution in [0.4, 0.5) is 0 Å². The van der Waals surface area contributed by atoms with E-state index in [-0.39, 0.29) is 12.8 Å². The third-order valence-corrected chi connectivity index (χ3v) is 5.12. The molecule has 1 aromatic carbocycles. The molecule has 1 rings (SSSR count). The number of amides is 3. The summed E-state index contributed by atoms with van der Waals surface area (Å²) < 4.78 is 0. The predicted molar refractivity (Wildman–Crippen MR) is 123 cm³/mol. The molecular formula is C22H35N5O7. The topological polar surface area (TPSA) is 217 Å². The molecule has 0 aliphatic heterocycles. The number of hydrogen-bond acceptors (Lipinski definition) is 8. The minimum atomic E-state index is -1.45. The quantitative estimate of drug-likeness (QED) is 0.125. The fourth-order valence-electron chi connectivity index (χ4n) is 3.04. The molecule has 0 saturated carbocycles. The molecule has 0 aliphatic carbocycles. The summed E-state index contributed by atoms with van der Waals surface area (Å²) in [7, 11) is 0. The third-order valence-electron chi connectivity index (χ3n) is 5.12. The lowest BCUT2D eigenvalue weighted by atomic mass is 10.0. The summed E-state index contributed by atoms with van der Waals surface area (Å²) >= 11 is 0. The van der Waals surface area contributed by atoms with Gasteiger partial charge in [-0.2, -0.15) is 0 Å². The monoisotopic (exact) mass is 481 g/mol. The van der Waals surface area contributed by atoms with Crippen molar-refractivity contribution in [1.29, 1.82) is 0 Å². The number of carboxylic acid groups (broad SMARTS) is 1. The van der Waals surface area contributed by atoms with Crippen LogP contribution in [0.5, 0.6) is 0 Å². The van der Waals surface area contributed by atoms with Crippen LogP contribution >= 0.6 is 0 Å². The number of hydrogen-bond donors (Lipinski definition) is 8. The number of rotatable bonds is 15. The molecule has 3 amide bonds. The lowest BCUT2D eigenvalue weighted by molar-refractivity contribution is -0.142. The van der Waals surface area contributed by atoms with Crippen LogP contribution in [0.15, 0.2) is 30.3 Å².